The van der Waals surface area contributed by atoms with E-state index in [0.717, 1.165) is 12.8 Å². The maximum absolute atomic E-state index is 6.08. The van der Waals surface area contributed by atoms with Gasteiger partial charge in [-0.3, -0.25) is 0 Å². The van der Waals surface area contributed by atoms with E-state index in [2.05, 4.69) is 36.4 Å². The van der Waals surface area contributed by atoms with Gasteiger partial charge < -0.3 is 18.9 Å². The normalized spacial score (nSPS) is 31.8. The molecule has 3 rings (SSSR count). The first kappa shape index (κ1) is 17.6. The fourth-order valence-corrected chi connectivity index (χ4v) is 3.26. The van der Waals surface area contributed by atoms with Crippen LogP contribution in [0.3, 0.4) is 0 Å². The van der Waals surface area contributed by atoms with Crippen molar-refractivity contribution in [1.29, 1.82) is 0 Å². The SMILES string of the molecule is CC1(C)O[C@H]([C@H]2COC(C)(C)O2)[C@@H](/C=C/CCc2ccccc2)O1. The molecule has 1 aromatic carbocycles. The van der Waals surface area contributed by atoms with Crippen LogP contribution in [0, 0.1) is 0 Å². The molecule has 4 heteroatoms. The lowest BCUT2D eigenvalue weighted by molar-refractivity contribution is -0.174. The Morgan fingerprint density at radius 2 is 1.75 bits per heavy atom. The number of ether oxygens (including phenoxy) is 4. The highest BCUT2D eigenvalue weighted by Crippen LogP contribution is 2.36. The molecule has 1 aromatic rings. The molecule has 0 aliphatic carbocycles. The van der Waals surface area contributed by atoms with Crippen LogP contribution in [0.25, 0.3) is 0 Å². The predicted octanol–water partition coefficient (Wildman–Crippen LogP) is 3.85. The zero-order valence-electron chi connectivity index (χ0n) is 15.0. The Bertz CT molecular complexity index is 564. The van der Waals surface area contributed by atoms with Crippen LogP contribution in [0.4, 0.5) is 0 Å². The van der Waals surface area contributed by atoms with Gasteiger partial charge in [0.25, 0.3) is 0 Å². The zero-order valence-corrected chi connectivity index (χ0v) is 15.0. The van der Waals surface area contributed by atoms with Crippen LogP contribution in [0.2, 0.25) is 0 Å². The first-order valence-corrected chi connectivity index (χ1v) is 8.73. The van der Waals surface area contributed by atoms with Crippen molar-refractivity contribution in [3.05, 3.63) is 48.0 Å². The van der Waals surface area contributed by atoms with Crippen molar-refractivity contribution >= 4 is 0 Å². The van der Waals surface area contributed by atoms with Gasteiger partial charge in [0.1, 0.15) is 18.3 Å². The first-order chi connectivity index (χ1) is 11.3. The largest absolute Gasteiger partial charge is 0.348 e. The van der Waals surface area contributed by atoms with Gasteiger partial charge in [0.05, 0.1) is 6.61 Å². The van der Waals surface area contributed by atoms with Gasteiger partial charge in [-0.25, -0.2) is 0 Å². The maximum Gasteiger partial charge on any atom is 0.164 e. The van der Waals surface area contributed by atoms with Crippen molar-refractivity contribution in [2.45, 2.75) is 70.4 Å². The predicted molar refractivity (Wildman–Crippen MR) is 92.6 cm³/mol. The second-order valence-electron chi connectivity index (χ2n) is 7.38. The molecule has 0 radical (unpaired) electrons. The summed E-state index contributed by atoms with van der Waals surface area (Å²) < 4.78 is 23.8. The average Bonchev–Trinajstić information content (AvgIpc) is 3.03. The van der Waals surface area contributed by atoms with Gasteiger partial charge in [-0.05, 0) is 46.1 Å². The van der Waals surface area contributed by atoms with Crippen LogP contribution < -0.4 is 0 Å². The molecular formula is C20H28O4. The molecule has 4 nitrogen and oxygen atoms in total. The fraction of sp³-hybridized carbons (Fsp3) is 0.600. The lowest BCUT2D eigenvalue weighted by Gasteiger charge is -2.22. The summed E-state index contributed by atoms with van der Waals surface area (Å²) in [4.78, 5) is 0. The van der Waals surface area contributed by atoms with Gasteiger partial charge in [-0.15, -0.1) is 0 Å². The lowest BCUT2D eigenvalue weighted by atomic mass is 10.1. The van der Waals surface area contributed by atoms with Gasteiger partial charge >= 0.3 is 0 Å². The maximum atomic E-state index is 6.08. The minimum absolute atomic E-state index is 0.106. The molecule has 0 spiro atoms. The molecule has 3 atom stereocenters. The molecule has 132 valence electrons. The monoisotopic (exact) mass is 332 g/mol. The molecule has 2 saturated heterocycles. The van der Waals surface area contributed by atoms with Gasteiger partial charge in [-0.2, -0.15) is 0 Å². The van der Waals surface area contributed by atoms with Gasteiger partial charge in [0, 0.05) is 0 Å². The number of hydrogen-bond donors (Lipinski definition) is 0. The molecule has 2 fully saturated rings. The Hall–Kier alpha value is -1.20. The van der Waals surface area contributed by atoms with E-state index in [1.54, 1.807) is 0 Å². The lowest BCUT2D eigenvalue weighted by Crippen LogP contribution is -2.37. The molecule has 0 amide bonds. The zero-order chi connectivity index (χ0) is 17.2. The van der Waals surface area contributed by atoms with E-state index < -0.39 is 11.6 Å². The Morgan fingerprint density at radius 1 is 1.00 bits per heavy atom. The minimum atomic E-state index is -0.602. The number of rotatable bonds is 5. The molecular weight excluding hydrogens is 304 g/mol. The van der Waals surface area contributed by atoms with Crippen LogP contribution in [-0.4, -0.2) is 36.5 Å². The topological polar surface area (TPSA) is 36.9 Å². The van der Waals surface area contributed by atoms with Gasteiger partial charge in [0.15, 0.2) is 11.6 Å². The van der Waals surface area contributed by atoms with E-state index in [9.17, 15) is 0 Å². The summed E-state index contributed by atoms with van der Waals surface area (Å²) in [5, 5.41) is 0. The Morgan fingerprint density at radius 3 is 2.42 bits per heavy atom. The van der Waals surface area contributed by atoms with Crippen LogP contribution in [0.1, 0.15) is 39.7 Å². The molecule has 0 unspecified atom stereocenters. The summed E-state index contributed by atoms with van der Waals surface area (Å²) >= 11 is 0. The molecule has 2 heterocycles. The van der Waals surface area contributed by atoms with Crippen LogP contribution in [0.5, 0.6) is 0 Å². The molecule has 24 heavy (non-hydrogen) atoms. The van der Waals surface area contributed by atoms with Crippen LogP contribution in [0.15, 0.2) is 42.5 Å². The summed E-state index contributed by atoms with van der Waals surface area (Å²) in [6.45, 7) is 8.28. The molecule has 0 N–H and O–H groups in total. The number of hydrogen-bond acceptors (Lipinski definition) is 4. The number of aryl methyl sites for hydroxylation is 1. The summed E-state index contributed by atoms with van der Waals surface area (Å²) in [6, 6.07) is 10.5. The third kappa shape index (κ3) is 4.45. The van der Waals surface area contributed by atoms with Crippen molar-refractivity contribution in [3.63, 3.8) is 0 Å². The minimum Gasteiger partial charge on any atom is -0.348 e. The Balaban J connectivity index is 1.58. The smallest absolute Gasteiger partial charge is 0.164 e. The average molecular weight is 332 g/mol. The van der Waals surface area contributed by atoms with Crippen molar-refractivity contribution in [2.75, 3.05) is 6.61 Å². The number of allylic oxidation sites excluding steroid dienone is 1. The highest BCUT2D eigenvalue weighted by atomic mass is 16.8. The van der Waals surface area contributed by atoms with Gasteiger partial charge in [0.2, 0.25) is 0 Å². The molecule has 0 saturated carbocycles. The van der Waals surface area contributed by atoms with Gasteiger partial charge in [-0.1, -0.05) is 42.5 Å². The summed E-state index contributed by atoms with van der Waals surface area (Å²) in [5.74, 6) is -1.16. The van der Waals surface area contributed by atoms with E-state index in [1.807, 2.05) is 33.8 Å². The van der Waals surface area contributed by atoms with Crippen LogP contribution in [-0.2, 0) is 25.4 Å². The van der Waals surface area contributed by atoms with Crippen molar-refractivity contribution in [1.82, 2.24) is 0 Å². The van der Waals surface area contributed by atoms with Crippen molar-refractivity contribution in [3.8, 4) is 0 Å². The Kier molecular flexibility index (Phi) is 5.11. The van der Waals surface area contributed by atoms with E-state index in [1.165, 1.54) is 5.56 Å². The van der Waals surface area contributed by atoms with E-state index in [0.29, 0.717) is 6.61 Å². The third-order valence-corrected chi connectivity index (χ3v) is 4.33. The third-order valence-electron chi connectivity index (χ3n) is 4.33. The standard InChI is InChI=1S/C20H28O4/c1-19(2)21-14-17(23-19)18-16(22-20(3,4)24-18)13-9-8-12-15-10-6-5-7-11-15/h5-7,9-11,13,16-18H,8,12,14H2,1-4H3/b13-9+/t16-,17-,18+/m1/s1. The quantitative estimate of drug-likeness (QED) is 0.768. The second-order valence-corrected chi connectivity index (χ2v) is 7.38. The highest BCUT2D eigenvalue weighted by Gasteiger charge is 2.48. The summed E-state index contributed by atoms with van der Waals surface area (Å²) in [7, 11) is 0. The van der Waals surface area contributed by atoms with E-state index >= 15 is 0 Å². The van der Waals surface area contributed by atoms with E-state index in [4.69, 9.17) is 18.9 Å². The molecule has 2 aliphatic heterocycles. The van der Waals surface area contributed by atoms with E-state index in [-0.39, 0.29) is 18.3 Å². The first-order valence-electron chi connectivity index (χ1n) is 8.73. The number of benzene rings is 1. The molecule has 0 bridgehead atoms. The van der Waals surface area contributed by atoms with Crippen LogP contribution >= 0.6 is 0 Å². The summed E-state index contributed by atoms with van der Waals surface area (Å²) in [6.07, 6.45) is 5.92. The Labute approximate surface area is 144 Å². The van der Waals surface area contributed by atoms with Crippen molar-refractivity contribution < 1.29 is 18.9 Å². The summed E-state index contributed by atoms with van der Waals surface area (Å²) in [5.41, 5.74) is 1.34. The molecule has 2 aliphatic rings. The highest BCUT2D eigenvalue weighted by molar-refractivity contribution is 5.15. The fourth-order valence-electron chi connectivity index (χ4n) is 3.26. The van der Waals surface area contributed by atoms with Crippen molar-refractivity contribution in [2.24, 2.45) is 0 Å². The second kappa shape index (κ2) is 6.96. The molecule has 0 aromatic heterocycles.